The molecule has 6 nitrogen and oxygen atoms in total. The third-order valence-corrected chi connectivity index (χ3v) is 6.43. The first kappa shape index (κ1) is 21.1. The molecule has 1 amide bonds. The van der Waals surface area contributed by atoms with Gasteiger partial charge in [0.05, 0.1) is 0 Å². The molecule has 0 saturated heterocycles. The van der Waals surface area contributed by atoms with Crippen molar-refractivity contribution < 1.29 is 13.2 Å². The van der Waals surface area contributed by atoms with Crippen LogP contribution in [0.5, 0.6) is 0 Å². The SMILES string of the molecule is CCN[C@H](C)CNS(=O)(=O)c1ccc(CCNC(=O)C(C)(C)C)s1. The third kappa shape index (κ3) is 6.88. The molecule has 0 fully saturated rings. The van der Waals surface area contributed by atoms with E-state index in [2.05, 4.69) is 15.4 Å². The highest BCUT2D eigenvalue weighted by Crippen LogP contribution is 2.22. The van der Waals surface area contributed by atoms with Crippen LogP contribution in [0.15, 0.2) is 16.3 Å². The second-order valence-corrected chi connectivity index (χ2v) is 9.95. The fourth-order valence-corrected chi connectivity index (χ4v) is 4.46. The van der Waals surface area contributed by atoms with E-state index in [-0.39, 0.29) is 11.9 Å². The summed E-state index contributed by atoms with van der Waals surface area (Å²) in [6, 6.07) is 3.50. The van der Waals surface area contributed by atoms with E-state index >= 15 is 0 Å². The van der Waals surface area contributed by atoms with Crippen molar-refractivity contribution in [3.8, 4) is 0 Å². The van der Waals surface area contributed by atoms with Gasteiger partial charge in [-0.05, 0) is 32.0 Å². The molecule has 0 radical (unpaired) electrons. The molecule has 0 aliphatic heterocycles. The Hall–Kier alpha value is -0.960. The number of nitrogens with one attached hydrogen (secondary N) is 3. The van der Waals surface area contributed by atoms with Crippen molar-refractivity contribution in [2.24, 2.45) is 5.41 Å². The molecule has 1 heterocycles. The lowest BCUT2D eigenvalue weighted by Crippen LogP contribution is -2.38. The summed E-state index contributed by atoms with van der Waals surface area (Å²) in [6.45, 7) is 11.1. The Bertz CT molecular complexity index is 633. The van der Waals surface area contributed by atoms with Crippen LogP contribution in [-0.2, 0) is 21.2 Å². The van der Waals surface area contributed by atoms with E-state index in [1.165, 1.54) is 11.3 Å². The highest BCUT2D eigenvalue weighted by molar-refractivity contribution is 7.91. The van der Waals surface area contributed by atoms with Crippen LogP contribution in [0.4, 0.5) is 0 Å². The number of hydrogen-bond acceptors (Lipinski definition) is 5. The maximum absolute atomic E-state index is 12.3. The van der Waals surface area contributed by atoms with E-state index in [4.69, 9.17) is 0 Å². The van der Waals surface area contributed by atoms with Gasteiger partial charge in [0, 0.05) is 29.4 Å². The quantitative estimate of drug-likeness (QED) is 0.613. The van der Waals surface area contributed by atoms with Gasteiger partial charge in [0.15, 0.2) is 0 Å². The minimum absolute atomic E-state index is 0.00835. The predicted molar refractivity (Wildman–Crippen MR) is 98.8 cm³/mol. The number of amides is 1. The molecule has 8 heteroatoms. The lowest BCUT2D eigenvalue weighted by Gasteiger charge is -2.17. The first-order valence-electron chi connectivity index (χ1n) is 8.16. The standard InChI is InChI=1S/C16H29N3O3S2/c1-6-17-12(2)11-19-24(21,22)14-8-7-13(23-14)9-10-18-15(20)16(3,4)5/h7-8,12,17,19H,6,9-11H2,1-5H3,(H,18,20)/t12-/m1/s1. The minimum atomic E-state index is -3.48. The number of carbonyl (C=O) groups is 1. The molecule has 0 saturated carbocycles. The van der Waals surface area contributed by atoms with Gasteiger partial charge in [-0.25, -0.2) is 13.1 Å². The molecular formula is C16H29N3O3S2. The van der Waals surface area contributed by atoms with Gasteiger partial charge in [-0.2, -0.15) is 0 Å². The summed E-state index contributed by atoms with van der Waals surface area (Å²) >= 11 is 1.24. The zero-order chi connectivity index (χ0) is 18.4. The molecule has 0 aromatic carbocycles. The molecule has 24 heavy (non-hydrogen) atoms. The zero-order valence-electron chi connectivity index (χ0n) is 15.1. The van der Waals surface area contributed by atoms with Crippen LogP contribution in [0.1, 0.15) is 39.5 Å². The average molecular weight is 376 g/mol. The molecular weight excluding hydrogens is 346 g/mol. The van der Waals surface area contributed by atoms with Crippen molar-refractivity contribution in [3.05, 3.63) is 17.0 Å². The van der Waals surface area contributed by atoms with E-state index < -0.39 is 15.4 Å². The zero-order valence-corrected chi connectivity index (χ0v) is 16.7. The number of sulfonamides is 1. The van der Waals surface area contributed by atoms with Crippen LogP contribution < -0.4 is 15.4 Å². The number of hydrogen-bond donors (Lipinski definition) is 3. The lowest BCUT2D eigenvalue weighted by atomic mass is 9.96. The largest absolute Gasteiger partial charge is 0.355 e. The summed E-state index contributed by atoms with van der Waals surface area (Å²) < 4.78 is 27.5. The van der Waals surface area contributed by atoms with Crippen LogP contribution >= 0.6 is 11.3 Å². The highest BCUT2D eigenvalue weighted by Gasteiger charge is 2.21. The van der Waals surface area contributed by atoms with Crippen LogP contribution in [0.25, 0.3) is 0 Å². The smallest absolute Gasteiger partial charge is 0.250 e. The van der Waals surface area contributed by atoms with E-state index in [0.717, 1.165) is 11.4 Å². The monoisotopic (exact) mass is 375 g/mol. The second-order valence-electron chi connectivity index (χ2n) is 6.79. The van der Waals surface area contributed by atoms with E-state index in [9.17, 15) is 13.2 Å². The highest BCUT2D eigenvalue weighted by atomic mass is 32.2. The van der Waals surface area contributed by atoms with Crippen LogP contribution in [0.3, 0.4) is 0 Å². The van der Waals surface area contributed by atoms with Gasteiger partial charge in [-0.15, -0.1) is 11.3 Å². The molecule has 1 atom stereocenters. The van der Waals surface area contributed by atoms with Gasteiger partial charge >= 0.3 is 0 Å². The third-order valence-electron chi connectivity index (χ3n) is 3.37. The number of thiophene rings is 1. The van der Waals surface area contributed by atoms with E-state index in [0.29, 0.717) is 23.7 Å². The van der Waals surface area contributed by atoms with Crippen LogP contribution in [0, 0.1) is 5.41 Å². The van der Waals surface area contributed by atoms with Crippen molar-refractivity contribution in [1.82, 2.24) is 15.4 Å². The summed E-state index contributed by atoms with van der Waals surface area (Å²) in [6.07, 6.45) is 0.621. The predicted octanol–water partition coefficient (Wildman–Crippen LogP) is 1.73. The maximum atomic E-state index is 12.3. The summed E-state index contributed by atoms with van der Waals surface area (Å²) in [7, 11) is -3.48. The Morgan fingerprint density at radius 1 is 1.29 bits per heavy atom. The Labute approximate surface area is 149 Å². The van der Waals surface area contributed by atoms with Crippen molar-refractivity contribution in [2.45, 2.75) is 51.3 Å². The molecule has 0 unspecified atom stereocenters. The minimum Gasteiger partial charge on any atom is -0.355 e. The van der Waals surface area contributed by atoms with Crippen molar-refractivity contribution in [3.63, 3.8) is 0 Å². The number of likely N-dealkylation sites (N-methyl/N-ethyl adjacent to an activating group) is 1. The molecule has 1 aromatic heterocycles. The van der Waals surface area contributed by atoms with Gasteiger partial charge in [-0.3, -0.25) is 4.79 Å². The maximum Gasteiger partial charge on any atom is 0.250 e. The normalized spacial score (nSPS) is 13.7. The van der Waals surface area contributed by atoms with Gasteiger partial charge < -0.3 is 10.6 Å². The molecule has 138 valence electrons. The van der Waals surface area contributed by atoms with Crippen LogP contribution in [-0.4, -0.2) is 40.0 Å². The first-order chi connectivity index (χ1) is 11.1. The van der Waals surface area contributed by atoms with Gasteiger partial charge in [0.25, 0.3) is 0 Å². The molecule has 0 aliphatic rings. The number of rotatable bonds is 9. The second kappa shape index (κ2) is 8.94. The van der Waals surface area contributed by atoms with Gasteiger partial charge in [0.2, 0.25) is 15.9 Å². The fraction of sp³-hybridized carbons (Fsp3) is 0.688. The Morgan fingerprint density at radius 2 is 1.96 bits per heavy atom. The summed E-state index contributed by atoms with van der Waals surface area (Å²) in [5, 5.41) is 6.03. The van der Waals surface area contributed by atoms with E-state index in [1.807, 2.05) is 34.6 Å². The summed E-state index contributed by atoms with van der Waals surface area (Å²) in [5.74, 6) is -0.00835. The molecule has 0 aliphatic carbocycles. The van der Waals surface area contributed by atoms with Gasteiger partial charge in [-0.1, -0.05) is 27.7 Å². The Kier molecular flexibility index (Phi) is 7.85. The Morgan fingerprint density at radius 3 is 2.54 bits per heavy atom. The average Bonchev–Trinajstić information content (AvgIpc) is 2.94. The molecule has 0 spiro atoms. The van der Waals surface area contributed by atoms with Gasteiger partial charge in [0.1, 0.15) is 4.21 Å². The van der Waals surface area contributed by atoms with Crippen LogP contribution in [0.2, 0.25) is 0 Å². The summed E-state index contributed by atoms with van der Waals surface area (Å²) in [5.41, 5.74) is -0.420. The van der Waals surface area contributed by atoms with Crippen molar-refractivity contribution in [1.29, 1.82) is 0 Å². The van der Waals surface area contributed by atoms with Crippen molar-refractivity contribution >= 4 is 27.3 Å². The first-order valence-corrected chi connectivity index (χ1v) is 10.5. The molecule has 3 N–H and O–H groups in total. The molecule has 1 aromatic rings. The van der Waals surface area contributed by atoms with E-state index in [1.54, 1.807) is 12.1 Å². The molecule has 0 bridgehead atoms. The fourth-order valence-electron chi connectivity index (χ4n) is 1.93. The molecule has 1 rings (SSSR count). The summed E-state index contributed by atoms with van der Waals surface area (Å²) in [4.78, 5) is 12.7. The lowest BCUT2D eigenvalue weighted by molar-refractivity contribution is -0.128. The topological polar surface area (TPSA) is 87.3 Å². The Balaban J connectivity index is 2.54. The number of carbonyl (C=O) groups excluding carboxylic acids is 1. The van der Waals surface area contributed by atoms with Crippen molar-refractivity contribution in [2.75, 3.05) is 19.6 Å².